The largest absolute Gasteiger partial charge is 0.481 e. The second-order valence-corrected chi connectivity index (χ2v) is 8.06. The Morgan fingerprint density at radius 1 is 1.10 bits per heavy atom. The van der Waals surface area contributed by atoms with Crippen molar-refractivity contribution in [2.45, 2.75) is 32.4 Å². The van der Waals surface area contributed by atoms with Crippen LogP contribution in [0.15, 0.2) is 36.4 Å². The van der Waals surface area contributed by atoms with E-state index >= 15 is 0 Å². The molecule has 2 aromatic carbocycles. The van der Waals surface area contributed by atoms with Gasteiger partial charge in [0.05, 0.1) is 28.5 Å². The first kappa shape index (κ1) is 24.9. The van der Waals surface area contributed by atoms with Gasteiger partial charge in [-0.15, -0.1) is 0 Å². The molecule has 2 N–H and O–H groups in total. The van der Waals surface area contributed by atoms with Crippen LogP contribution in [0.4, 0.5) is 23.2 Å². The zero-order valence-corrected chi connectivity index (χ0v) is 17.9. The van der Waals surface area contributed by atoms with E-state index in [2.05, 4.69) is 5.32 Å². The number of anilines is 1. The predicted octanol–water partition coefficient (Wildman–Crippen LogP) is 6.32. The van der Waals surface area contributed by atoms with Crippen LogP contribution in [0.3, 0.4) is 0 Å². The minimum Gasteiger partial charge on any atom is -0.481 e. The van der Waals surface area contributed by atoms with Crippen LogP contribution in [-0.2, 0) is 16.0 Å². The molecule has 3 atom stereocenters. The summed E-state index contributed by atoms with van der Waals surface area (Å²) in [6.45, 7) is 2.27. The number of benzene rings is 2. The molecule has 0 saturated carbocycles. The number of rotatable bonds is 7. The van der Waals surface area contributed by atoms with Gasteiger partial charge in [-0.1, -0.05) is 49.2 Å². The fourth-order valence-corrected chi connectivity index (χ4v) is 3.35. The second kappa shape index (κ2) is 9.87. The molecule has 0 radical (unpaired) electrons. The van der Waals surface area contributed by atoms with Crippen LogP contribution < -0.4 is 5.32 Å². The number of hydrogen-bond acceptors (Lipinski definition) is 2. The SMILES string of the molecule is CC(Cc1ccc(Cl)c(NC(=O)C(c2ccc(Cl)cc2F)C(C)C(F)(F)F)c1)C(=O)O. The number of amides is 1. The van der Waals surface area contributed by atoms with E-state index in [-0.39, 0.29) is 22.2 Å². The molecule has 1 amide bonds. The van der Waals surface area contributed by atoms with E-state index in [0.29, 0.717) is 5.56 Å². The van der Waals surface area contributed by atoms with Crippen LogP contribution in [0.2, 0.25) is 10.0 Å². The molecule has 0 spiro atoms. The third-order valence-corrected chi connectivity index (χ3v) is 5.41. The van der Waals surface area contributed by atoms with Crippen molar-refractivity contribution in [1.29, 1.82) is 0 Å². The molecule has 31 heavy (non-hydrogen) atoms. The van der Waals surface area contributed by atoms with E-state index in [9.17, 15) is 27.2 Å². The monoisotopic (exact) mass is 479 g/mol. The topological polar surface area (TPSA) is 66.4 Å². The fourth-order valence-electron chi connectivity index (χ4n) is 3.03. The smallest absolute Gasteiger partial charge is 0.392 e. The molecule has 0 bridgehead atoms. The highest BCUT2D eigenvalue weighted by Gasteiger charge is 2.45. The van der Waals surface area contributed by atoms with Gasteiger partial charge < -0.3 is 10.4 Å². The van der Waals surface area contributed by atoms with Crippen LogP contribution in [-0.4, -0.2) is 23.2 Å². The maximum Gasteiger partial charge on any atom is 0.392 e. The van der Waals surface area contributed by atoms with Crippen LogP contribution in [0.25, 0.3) is 0 Å². The molecule has 0 aromatic heterocycles. The van der Waals surface area contributed by atoms with Crippen molar-refractivity contribution in [3.05, 3.63) is 63.4 Å². The van der Waals surface area contributed by atoms with Crippen LogP contribution in [0.1, 0.15) is 30.9 Å². The number of carbonyl (C=O) groups is 2. The van der Waals surface area contributed by atoms with Gasteiger partial charge in [-0.25, -0.2) is 4.39 Å². The van der Waals surface area contributed by atoms with Crippen molar-refractivity contribution in [3.8, 4) is 0 Å². The number of nitrogens with one attached hydrogen (secondary N) is 1. The first-order chi connectivity index (χ1) is 14.3. The van der Waals surface area contributed by atoms with Crippen LogP contribution >= 0.6 is 23.2 Å². The molecular formula is C21H19Cl2F4NO3. The third-order valence-electron chi connectivity index (χ3n) is 4.85. The maximum absolute atomic E-state index is 14.4. The number of alkyl halides is 3. The Bertz CT molecular complexity index is 982. The van der Waals surface area contributed by atoms with Gasteiger partial charge in [-0.05, 0) is 36.2 Å². The molecule has 168 valence electrons. The Hall–Kier alpha value is -2.32. The number of carbonyl (C=O) groups excluding carboxylic acids is 1. The van der Waals surface area contributed by atoms with Crippen molar-refractivity contribution >= 4 is 40.8 Å². The molecule has 0 fully saturated rings. The molecule has 0 aliphatic carbocycles. The molecule has 2 rings (SSSR count). The lowest BCUT2D eigenvalue weighted by Crippen LogP contribution is -2.35. The van der Waals surface area contributed by atoms with Gasteiger partial charge in [0.15, 0.2) is 0 Å². The molecule has 0 aliphatic rings. The Morgan fingerprint density at radius 2 is 1.74 bits per heavy atom. The Labute approximate surface area is 186 Å². The van der Waals surface area contributed by atoms with Gasteiger partial charge in [0.25, 0.3) is 0 Å². The van der Waals surface area contributed by atoms with E-state index in [1.165, 1.54) is 25.1 Å². The lowest BCUT2D eigenvalue weighted by Gasteiger charge is -2.26. The minimum absolute atomic E-state index is 0.00417. The highest BCUT2D eigenvalue weighted by atomic mass is 35.5. The van der Waals surface area contributed by atoms with Crippen molar-refractivity contribution < 1.29 is 32.3 Å². The number of halogens is 6. The maximum atomic E-state index is 14.4. The lowest BCUT2D eigenvalue weighted by atomic mass is 9.85. The summed E-state index contributed by atoms with van der Waals surface area (Å²) in [4.78, 5) is 23.9. The predicted molar refractivity (Wildman–Crippen MR) is 110 cm³/mol. The highest BCUT2D eigenvalue weighted by molar-refractivity contribution is 6.33. The van der Waals surface area contributed by atoms with E-state index < -0.39 is 47.2 Å². The van der Waals surface area contributed by atoms with Crippen molar-refractivity contribution in [2.75, 3.05) is 5.32 Å². The lowest BCUT2D eigenvalue weighted by molar-refractivity contribution is -0.178. The summed E-state index contributed by atoms with van der Waals surface area (Å²) < 4.78 is 54.7. The highest BCUT2D eigenvalue weighted by Crippen LogP contribution is 2.40. The van der Waals surface area contributed by atoms with E-state index in [1.54, 1.807) is 6.07 Å². The first-order valence-electron chi connectivity index (χ1n) is 9.15. The summed E-state index contributed by atoms with van der Waals surface area (Å²) >= 11 is 11.7. The summed E-state index contributed by atoms with van der Waals surface area (Å²) in [6.07, 6.45) is -4.67. The van der Waals surface area contributed by atoms with Gasteiger partial charge >= 0.3 is 12.1 Å². The standard InChI is InChI=1S/C21H19Cl2F4NO3/c1-10(20(30)31)7-12-3-6-15(23)17(8-12)28-19(29)18(11(2)21(25,26)27)14-5-4-13(22)9-16(14)24/h3-6,8-11,18H,7H2,1-2H3,(H,28,29)(H,30,31). The van der Waals surface area contributed by atoms with Gasteiger partial charge in [0, 0.05) is 10.6 Å². The zero-order chi connectivity index (χ0) is 23.5. The zero-order valence-electron chi connectivity index (χ0n) is 16.4. The molecule has 0 aliphatic heterocycles. The average molecular weight is 480 g/mol. The molecule has 10 heteroatoms. The number of hydrogen-bond donors (Lipinski definition) is 2. The minimum atomic E-state index is -4.78. The number of aliphatic carboxylic acids is 1. The van der Waals surface area contributed by atoms with Gasteiger partial charge in [0.2, 0.25) is 5.91 Å². The van der Waals surface area contributed by atoms with Gasteiger partial charge in [0.1, 0.15) is 5.82 Å². The van der Waals surface area contributed by atoms with Gasteiger partial charge in [-0.3, -0.25) is 9.59 Å². The molecule has 0 heterocycles. The first-order valence-corrected chi connectivity index (χ1v) is 9.90. The van der Waals surface area contributed by atoms with Crippen molar-refractivity contribution in [3.63, 3.8) is 0 Å². The Kier molecular flexibility index (Phi) is 7.94. The summed E-state index contributed by atoms with van der Waals surface area (Å²) in [5, 5.41) is 11.4. The summed E-state index contributed by atoms with van der Waals surface area (Å²) in [6, 6.07) is 7.40. The third kappa shape index (κ3) is 6.33. The van der Waals surface area contributed by atoms with Crippen LogP contribution in [0.5, 0.6) is 0 Å². The van der Waals surface area contributed by atoms with Crippen molar-refractivity contribution in [1.82, 2.24) is 0 Å². The Morgan fingerprint density at radius 3 is 2.29 bits per heavy atom. The normalized spacial score (nSPS) is 14.6. The van der Waals surface area contributed by atoms with E-state index in [0.717, 1.165) is 19.1 Å². The average Bonchev–Trinajstić information content (AvgIpc) is 2.65. The Balaban J connectivity index is 2.41. The quantitative estimate of drug-likeness (QED) is 0.456. The van der Waals surface area contributed by atoms with Crippen LogP contribution in [0, 0.1) is 17.7 Å². The summed E-state index contributed by atoms with van der Waals surface area (Å²) in [7, 11) is 0. The second-order valence-electron chi connectivity index (χ2n) is 7.22. The van der Waals surface area contributed by atoms with E-state index in [1.807, 2.05) is 0 Å². The fraction of sp³-hybridized carbons (Fsp3) is 0.333. The summed E-state index contributed by atoms with van der Waals surface area (Å²) in [5.41, 5.74) is 0.0432. The molecular weight excluding hydrogens is 461 g/mol. The number of carboxylic acid groups (broad SMARTS) is 1. The molecule has 3 unspecified atom stereocenters. The molecule has 4 nitrogen and oxygen atoms in total. The van der Waals surface area contributed by atoms with Gasteiger partial charge in [-0.2, -0.15) is 13.2 Å². The number of carboxylic acids is 1. The summed E-state index contributed by atoms with van der Waals surface area (Å²) in [5.74, 6) is -8.04. The van der Waals surface area contributed by atoms with E-state index in [4.69, 9.17) is 28.3 Å². The van der Waals surface area contributed by atoms with Crippen molar-refractivity contribution in [2.24, 2.45) is 11.8 Å². The molecule has 0 saturated heterocycles. The molecule has 2 aromatic rings.